The molecule has 0 aliphatic heterocycles. The first-order valence-electron chi connectivity index (χ1n) is 4.80. The van der Waals surface area contributed by atoms with Gasteiger partial charge in [0.1, 0.15) is 0 Å². The molecule has 1 atom stereocenters. The highest BCUT2D eigenvalue weighted by Gasteiger charge is 2.11. The Morgan fingerprint density at radius 1 is 1.57 bits per heavy atom. The van der Waals surface area contributed by atoms with E-state index in [1.807, 2.05) is 18.7 Å². The zero-order valence-electron chi connectivity index (χ0n) is 8.85. The number of nitrogens with zero attached hydrogens (tertiary/aromatic N) is 2. The number of rotatable bonds is 4. The molecule has 0 aliphatic rings. The number of aromatic nitrogens is 2. The van der Waals surface area contributed by atoms with Crippen LogP contribution >= 0.6 is 27.5 Å². The fourth-order valence-corrected chi connectivity index (χ4v) is 2.10. The fraction of sp³-hybridized carbons (Fsp3) is 0.700. The highest BCUT2D eigenvalue weighted by molar-refractivity contribution is 9.10. The summed E-state index contributed by atoms with van der Waals surface area (Å²) in [5, 5.41) is 4.35. The lowest BCUT2D eigenvalue weighted by Crippen LogP contribution is -2.03. The highest BCUT2D eigenvalue weighted by atomic mass is 79.9. The average molecular weight is 280 g/mol. The molecule has 0 amide bonds. The van der Waals surface area contributed by atoms with E-state index in [0.29, 0.717) is 5.92 Å². The van der Waals surface area contributed by atoms with Crippen molar-refractivity contribution in [1.82, 2.24) is 9.78 Å². The standard InChI is InChI=1S/C10H16BrClN2/c1-7(6-12)4-5-9-10(11)8(2)13-14(9)3/h7H,4-6H2,1-3H3. The van der Waals surface area contributed by atoms with Gasteiger partial charge in [-0.05, 0) is 41.6 Å². The van der Waals surface area contributed by atoms with Crippen molar-refractivity contribution in [2.75, 3.05) is 5.88 Å². The van der Waals surface area contributed by atoms with Crippen LogP contribution in [0.2, 0.25) is 0 Å². The first kappa shape index (κ1) is 12.1. The van der Waals surface area contributed by atoms with Crippen LogP contribution in [-0.2, 0) is 13.5 Å². The molecule has 1 unspecified atom stereocenters. The monoisotopic (exact) mass is 278 g/mol. The van der Waals surface area contributed by atoms with Gasteiger partial charge >= 0.3 is 0 Å². The molecule has 0 aromatic carbocycles. The largest absolute Gasteiger partial charge is 0.271 e. The van der Waals surface area contributed by atoms with Gasteiger partial charge in [0.25, 0.3) is 0 Å². The van der Waals surface area contributed by atoms with Crippen molar-refractivity contribution in [1.29, 1.82) is 0 Å². The van der Waals surface area contributed by atoms with Gasteiger partial charge in [-0.15, -0.1) is 11.6 Å². The predicted molar refractivity (Wildman–Crippen MR) is 63.9 cm³/mol. The van der Waals surface area contributed by atoms with Crippen LogP contribution in [0.25, 0.3) is 0 Å². The Hall–Kier alpha value is -0.0200. The summed E-state index contributed by atoms with van der Waals surface area (Å²) in [6, 6.07) is 0. The highest BCUT2D eigenvalue weighted by Crippen LogP contribution is 2.22. The molecule has 0 saturated heterocycles. The minimum Gasteiger partial charge on any atom is -0.271 e. The third-order valence-corrected chi connectivity index (χ3v) is 3.96. The van der Waals surface area contributed by atoms with Gasteiger partial charge in [0.15, 0.2) is 0 Å². The second kappa shape index (κ2) is 5.17. The van der Waals surface area contributed by atoms with Crippen LogP contribution in [0.15, 0.2) is 4.47 Å². The van der Waals surface area contributed by atoms with Gasteiger partial charge in [0.05, 0.1) is 15.9 Å². The van der Waals surface area contributed by atoms with Gasteiger partial charge in [0.2, 0.25) is 0 Å². The molecule has 1 rings (SSSR count). The molecule has 0 N–H and O–H groups in total. The van der Waals surface area contributed by atoms with Crippen molar-refractivity contribution in [3.05, 3.63) is 15.9 Å². The van der Waals surface area contributed by atoms with Gasteiger partial charge in [-0.3, -0.25) is 4.68 Å². The van der Waals surface area contributed by atoms with Gasteiger partial charge in [0, 0.05) is 12.9 Å². The number of halogens is 2. The summed E-state index contributed by atoms with van der Waals surface area (Å²) in [4.78, 5) is 0. The topological polar surface area (TPSA) is 17.8 Å². The predicted octanol–water partition coefficient (Wildman–Crippen LogP) is 3.30. The molecule has 2 nitrogen and oxygen atoms in total. The quantitative estimate of drug-likeness (QED) is 0.773. The summed E-state index contributed by atoms with van der Waals surface area (Å²) in [6.07, 6.45) is 2.15. The number of hydrogen-bond acceptors (Lipinski definition) is 1. The summed E-state index contributed by atoms with van der Waals surface area (Å²) >= 11 is 9.33. The SMILES string of the molecule is Cc1nn(C)c(CCC(C)CCl)c1Br. The van der Waals surface area contributed by atoms with Crippen molar-refractivity contribution < 1.29 is 0 Å². The fourth-order valence-electron chi connectivity index (χ4n) is 1.41. The maximum atomic E-state index is 5.77. The van der Waals surface area contributed by atoms with Crippen molar-refractivity contribution in [2.24, 2.45) is 13.0 Å². The molecule has 0 fully saturated rings. The van der Waals surface area contributed by atoms with E-state index >= 15 is 0 Å². The van der Waals surface area contributed by atoms with E-state index in [0.717, 1.165) is 28.9 Å². The van der Waals surface area contributed by atoms with Crippen LogP contribution in [-0.4, -0.2) is 15.7 Å². The smallest absolute Gasteiger partial charge is 0.0738 e. The Bertz CT molecular complexity index is 309. The van der Waals surface area contributed by atoms with E-state index in [-0.39, 0.29) is 0 Å². The summed E-state index contributed by atoms with van der Waals surface area (Å²) in [5.74, 6) is 1.30. The van der Waals surface area contributed by atoms with Crippen molar-refractivity contribution in [2.45, 2.75) is 26.7 Å². The molecule has 1 aromatic heterocycles. The number of aryl methyl sites for hydroxylation is 2. The molecule has 1 heterocycles. The van der Waals surface area contributed by atoms with E-state index in [9.17, 15) is 0 Å². The summed E-state index contributed by atoms with van der Waals surface area (Å²) in [5.41, 5.74) is 2.32. The maximum Gasteiger partial charge on any atom is 0.0738 e. The first-order chi connectivity index (χ1) is 6.56. The third kappa shape index (κ3) is 2.74. The lowest BCUT2D eigenvalue weighted by molar-refractivity contribution is 0.568. The van der Waals surface area contributed by atoms with Crippen LogP contribution in [0.3, 0.4) is 0 Å². The summed E-state index contributed by atoms with van der Waals surface area (Å²) in [6.45, 7) is 4.18. The molecule has 0 spiro atoms. The minimum atomic E-state index is 0.568. The Morgan fingerprint density at radius 2 is 2.21 bits per heavy atom. The Kier molecular flexibility index (Phi) is 4.45. The molecular formula is C10H16BrClN2. The Morgan fingerprint density at radius 3 is 2.64 bits per heavy atom. The lowest BCUT2D eigenvalue weighted by Gasteiger charge is -2.07. The average Bonchev–Trinajstić information content (AvgIpc) is 2.39. The summed E-state index contributed by atoms with van der Waals surface area (Å²) in [7, 11) is 1.98. The van der Waals surface area contributed by atoms with Crippen LogP contribution in [0.5, 0.6) is 0 Å². The zero-order chi connectivity index (χ0) is 10.7. The van der Waals surface area contributed by atoms with Crippen LogP contribution < -0.4 is 0 Å². The van der Waals surface area contributed by atoms with E-state index in [1.165, 1.54) is 5.69 Å². The van der Waals surface area contributed by atoms with E-state index in [4.69, 9.17) is 11.6 Å². The molecule has 1 aromatic rings. The molecule has 0 saturated carbocycles. The van der Waals surface area contributed by atoms with Crippen molar-refractivity contribution in [3.8, 4) is 0 Å². The third-order valence-electron chi connectivity index (χ3n) is 2.40. The summed E-state index contributed by atoms with van der Waals surface area (Å²) < 4.78 is 3.09. The molecule has 80 valence electrons. The van der Waals surface area contributed by atoms with E-state index < -0.39 is 0 Å². The molecular weight excluding hydrogens is 263 g/mol. The minimum absolute atomic E-state index is 0.568. The Labute approximate surface area is 98.8 Å². The molecule has 0 bridgehead atoms. The van der Waals surface area contributed by atoms with E-state index in [2.05, 4.69) is 28.0 Å². The van der Waals surface area contributed by atoms with Gasteiger partial charge in [-0.2, -0.15) is 5.10 Å². The molecule has 14 heavy (non-hydrogen) atoms. The number of hydrogen-bond donors (Lipinski definition) is 0. The van der Waals surface area contributed by atoms with Gasteiger partial charge < -0.3 is 0 Å². The normalized spacial score (nSPS) is 13.2. The second-order valence-electron chi connectivity index (χ2n) is 3.77. The molecule has 4 heteroatoms. The van der Waals surface area contributed by atoms with Gasteiger partial charge in [-0.25, -0.2) is 0 Å². The number of alkyl halides is 1. The Balaban J connectivity index is 2.67. The van der Waals surface area contributed by atoms with Crippen LogP contribution in [0, 0.1) is 12.8 Å². The maximum absolute atomic E-state index is 5.77. The molecule has 0 aliphatic carbocycles. The van der Waals surface area contributed by atoms with Crippen molar-refractivity contribution in [3.63, 3.8) is 0 Å². The molecule has 0 radical (unpaired) electrons. The van der Waals surface area contributed by atoms with Crippen LogP contribution in [0.4, 0.5) is 0 Å². The van der Waals surface area contributed by atoms with Crippen LogP contribution in [0.1, 0.15) is 24.7 Å². The van der Waals surface area contributed by atoms with E-state index in [1.54, 1.807) is 0 Å². The lowest BCUT2D eigenvalue weighted by atomic mass is 10.1. The first-order valence-corrected chi connectivity index (χ1v) is 6.13. The zero-order valence-corrected chi connectivity index (χ0v) is 11.2. The van der Waals surface area contributed by atoms with Crippen molar-refractivity contribution >= 4 is 27.5 Å². The second-order valence-corrected chi connectivity index (χ2v) is 4.87. The van der Waals surface area contributed by atoms with Gasteiger partial charge in [-0.1, -0.05) is 6.92 Å².